The number of nitrogens with one attached hydrogen (secondary N) is 1. The molecule has 2 atom stereocenters. The van der Waals surface area contributed by atoms with Crippen LogP contribution in [0.25, 0.3) is 0 Å². The lowest BCUT2D eigenvalue weighted by atomic mass is 10.0. The predicted octanol–water partition coefficient (Wildman–Crippen LogP) is 5.45. The molecule has 0 aliphatic carbocycles. The first-order valence-corrected chi connectivity index (χ1v) is 11.6. The van der Waals surface area contributed by atoms with Gasteiger partial charge in [0.25, 0.3) is 0 Å². The summed E-state index contributed by atoms with van der Waals surface area (Å²) in [6, 6.07) is 18.1. The first kappa shape index (κ1) is 24.2. The minimum atomic E-state index is -0.763. The highest BCUT2D eigenvalue weighted by atomic mass is 19.1. The third-order valence-electron chi connectivity index (χ3n) is 5.84. The first-order chi connectivity index (χ1) is 16.9. The fourth-order valence-electron chi connectivity index (χ4n) is 4.22. The second kappa shape index (κ2) is 10.5. The van der Waals surface area contributed by atoms with E-state index in [1.165, 1.54) is 12.1 Å². The maximum atomic E-state index is 13.7. The molecule has 1 aromatic heterocycles. The highest BCUT2D eigenvalue weighted by Gasteiger charge is 2.34. The number of halogens is 1. The molecule has 1 saturated heterocycles. The average molecular weight is 478 g/mol. The number of rotatable bonds is 8. The van der Waals surface area contributed by atoms with Crippen LogP contribution in [0.4, 0.5) is 20.6 Å². The van der Waals surface area contributed by atoms with Gasteiger partial charge in [0, 0.05) is 11.7 Å². The van der Waals surface area contributed by atoms with Gasteiger partial charge in [0.05, 0.1) is 18.3 Å². The van der Waals surface area contributed by atoms with Crippen molar-refractivity contribution in [1.82, 2.24) is 4.98 Å². The lowest BCUT2D eigenvalue weighted by Crippen LogP contribution is -2.35. The maximum Gasteiger partial charge on any atom is 0.414 e. The van der Waals surface area contributed by atoms with Gasteiger partial charge in [-0.3, -0.25) is 4.90 Å². The summed E-state index contributed by atoms with van der Waals surface area (Å²) in [5.74, 6) is -1.46. The van der Waals surface area contributed by atoms with Crippen LogP contribution in [0.3, 0.4) is 0 Å². The van der Waals surface area contributed by atoms with Gasteiger partial charge in [-0.25, -0.2) is 14.6 Å². The minimum Gasteiger partial charge on any atom is -0.461 e. The molecule has 8 heteroatoms. The predicted molar refractivity (Wildman–Crippen MR) is 131 cm³/mol. The number of ether oxygens (including phenoxy) is 2. The zero-order valence-corrected chi connectivity index (χ0v) is 20.0. The van der Waals surface area contributed by atoms with Crippen LogP contribution in [0.15, 0.2) is 60.7 Å². The van der Waals surface area contributed by atoms with Crippen LogP contribution in [0.2, 0.25) is 0 Å². The van der Waals surface area contributed by atoms with E-state index < -0.39 is 11.9 Å². The summed E-state index contributed by atoms with van der Waals surface area (Å²) in [5, 5.41) is 3.24. The molecule has 0 spiro atoms. The van der Waals surface area contributed by atoms with Crippen molar-refractivity contribution >= 4 is 23.4 Å². The molecule has 7 nitrogen and oxygen atoms in total. The molecule has 0 saturated carbocycles. The number of cyclic esters (lactones) is 1. The summed E-state index contributed by atoms with van der Waals surface area (Å²) in [7, 11) is 0. The Morgan fingerprint density at radius 2 is 2.00 bits per heavy atom. The molecule has 182 valence electrons. The third-order valence-corrected chi connectivity index (χ3v) is 5.84. The smallest absolute Gasteiger partial charge is 0.414 e. The third kappa shape index (κ3) is 5.59. The maximum absolute atomic E-state index is 13.7. The summed E-state index contributed by atoms with van der Waals surface area (Å²) in [6.45, 7) is 6.02. The summed E-state index contributed by atoms with van der Waals surface area (Å²) in [4.78, 5) is 30.4. The standard InChI is InChI=1S/C27H28FN3O4/c1-4-34-26(32)25-23(10-11-24(28)30-25)29-18(3)20-12-17(2)13-21(15-20)31-22(16-35-27(31)33)14-19-8-6-5-7-9-19/h5-13,15,18,22,29H,4,14,16H2,1-3H3/t18?,22-/m0/s1. The van der Waals surface area contributed by atoms with E-state index in [2.05, 4.69) is 10.3 Å². The largest absolute Gasteiger partial charge is 0.461 e. The van der Waals surface area contributed by atoms with Crippen LogP contribution in [0.1, 0.15) is 47.1 Å². The molecule has 1 aliphatic rings. The van der Waals surface area contributed by atoms with Gasteiger partial charge in [-0.15, -0.1) is 0 Å². The van der Waals surface area contributed by atoms with Crippen molar-refractivity contribution < 1.29 is 23.5 Å². The van der Waals surface area contributed by atoms with E-state index >= 15 is 0 Å². The fraction of sp³-hybridized carbons (Fsp3) is 0.296. The number of carbonyl (C=O) groups is 2. The molecule has 35 heavy (non-hydrogen) atoms. The molecule has 3 aromatic rings. The number of anilines is 2. The minimum absolute atomic E-state index is 0.113. The van der Waals surface area contributed by atoms with Crippen LogP contribution in [-0.4, -0.2) is 36.3 Å². The van der Waals surface area contributed by atoms with E-state index in [1.54, 1.807) is 11.8 Å². The zero-order valence-electron chi connectivity index (χ0n) is 20.0. The second-order valence-electron chi connectivity index (χ2n) is 8.51. The van der Waals surface area contributed by atoms with Gasteiger partial charge in [-0.2, -0.15) is 4.39 Å². The topological polar surface area (TPSA) is 80.8 Å². The Kier molecular flexibility index (Phi) is 7.29. The van der Waals surface area contributed by atoms with Gasteiger partial charge in [0.15, 0.2) is 5.69 Å². The SMILES string of the molecule is CCOC(=O)c1nc(F)ccc1NC(C)c1cc(C)cc(N2C(=O)OC[C@@H]2Cc2ccccc2)c1. The number of carbonyl (C=O) groups excluding carboxylic acids is 2. The van der Waals surface area contributed by atoms with Crippen LogP contribution in [0, 0.1) is 12.9 Å². The summed E-state index contributed by atoms with van der Waals surface area (Å²) >= 11 is 0. The molecule has 1 unspecified atom stereocenters. The molecule has 1 N–H and O–H groups in total. The van der Waals surface area contributed by atoms with Crippen LogP contribution >= 0.6 is 0 Å². The fourth-order valence-corrected chi connectivity index (χ4v) is 4.22. The molecule has 0 radical (unpaired) electrons. The number of esters is 1. The number of hydrogen-bond acceptors (Lipinski definition) is 6. The normalized spacial score (nSPS) is 16.1. The lowest BCUT2D eigenvalue weighted by molar-refractivity contribution is 0.0519. The van der Waals surface area contributed by atoms with Crippen molar-refractivity contribution in [3.63, 3.8) is 0 Å². The van der Waals surface area contributed by atoms with E-state index in [9.17, 15) is 14.0 Å². The molecule has 2 aromatic carbocycles. The molecular weight excluding hydrogens is 449 g/mol. The van der Waals surface area contributed by atoms with Crippen molar-refractivity contribution in [2.24, 2.45) is 0 Å². The van der Waals surface area contributed by atoms with E-state index in [0.717, 1.165) is 22.4 Å². The van der Waals surface area contributed by atoms with Crippen LogP contribution < -0.4 is 10.2 Å². The van der Waals surface area contributed by atoms with E-state index in [4.69, 9.17) is 9.47 Å². The van der Waals surface area contributed by atoms with Gasteiger partial charge < -0.3 is 14.8 Å². The Morgan fingerprint density at radius 3 is 2.74 bits per heavy atom. The molecule has 1 aliphatic heterocycles. The van der Waals surface area contributed by atoms with Crippen molar-refractivity contribution in [3.05, 3.63) is 89.0 Å². The number of nitrogens with zero attached hydrogens (tertiary/aromatic N) is 2. The van der Waals surface area contributed by atoms with Gasteiger partial charge >= 0.3 is 12.1 Å². The first-order valence-electron chi connectivity index (χ1n) is 11.6. The Labute approximate surface area is 203 Å². The van der Waals surface area contributed by atoms with Gasteiger partial charge in [0.2, 0.25) is 5.95 Å². The summed E-state index contributed by atoms with van der Waals surface area (Å²) in [6.07, 6.45) is 0.295. The second-order valence-corrected chi connectivity index (χ2v) is 8.51. The van der Waals surface area contributed by atoms with Crippen molar-refractivity contribution in [2.75, 3.05) is 23.4 Å². The van der Waals surface area contributed by atoms with Crippen molar-refractivity contribution in [3.8, 4) is 0 Å². The Hall–Kier alpha value is -3.94. The van der Waals surface area contributed by atoms with Crippen molar-refractivity contribution in [1.29, 1.82) is 0 Å². The number of aryl methyl sites for hydroxylation is 1. The number of aromatic nitrogens is 1. The Balaban J connectivity index is 1.60. The molecular formula is C27H28FN3O4. The zero-order chi connectivity index (χ0) is 24.9. The van der Waals surface area contributed by atoms with E-state index in [0.29, 0.717) is 18.7 Å². The van der Waals surface area contributed by atoms with Crippen LogP contribution in [0.5, 0.6) is 0 Å². The number of hydrogen-bond donors (Lipinski definition) is 1. The Morgan fingerprint density at radius 1 is 1.23 bits per heavy atom. The quantitative estimate of drug-likeness (QED) is 0.343. The molecule has 4 rings (SSSR count). The van der Waals surface area contributed by atoms with E-state index in [1.807, 2.05) is 62.4 Å². The Bertz CT molecular complexity index is 1220. The summed E-state index contributed by atoms with van der Waals surface area (Å²) < 4.78 is 24.1. The van der Waals surface area contributed by atoms with Gasteiger partial charge in [-0.05, 0) is 68.1 Å². The number of benzene rings is 2. The van der Waals surface area contributed by atoms with Gasteiger partial charge in [-0.1, -0.05) is 36.4 Å². The average Bonchev–Trinajstić information content (AvgIpc) is 3.20. The highest BCUT2D eigenvalue weighted by molar-refractivity contribution is 5.93. The van der Waals surface area contributed by atoms with Crippen LogP contribution in [-0.2, 0) is 15.9 Å². The number of amides is 1. The monoisotopic (exact) mass is 477 g/mol. The molecule has 0 bridgehead atoms. The van der Waals surface area contributed by atoms with E-state index in [-0.39, 0.29) is 30.5 Å². The number of pyridine rings is 1. The molecule has 1 fully saturated rings. The molecule has 1 amide bonds. The highest BCUT2D eigenvalue weighted by Crippen LogP contribution is 2.31. The van der Waals surface area contributed by atoms with Gasteiger partial charge in [0.1, 0.15) is 6.61 Å². The van der Waals surface area contributed by atoms with Crippen molar-refractivity contribution in [2.45, 2.75) is 39.3 Å². The summed E-state index contributed by atoms with van der Waals surface area (Å²) in [5.41, 5.74) is 3.96. The molecule has 2 heterocycles. The lowest BCUT2D eigenvalue weighted by Gasteiger charge is -2.24.